The summed E-state index contributed by atoms with van der Waals surface area (Å²) in [5.41, 5.74) is 2.59. The molecule has 1 aliphatic carbocycles. The van der Waals surface area contributed by atoms with E-state index in [4.69, 9.17) is 18.9 Å². The molecule has 5 heteroatoms. The molecule has 118 valence electrons. The van der Waals surface area contributed by atoms with Crippen LogP contribution in [0.15, 0.2) is 18.2 Å². The smallest absolute Gasteiger partial charge is 0.119 e. The molecule has 0 fully saturated rings. The van der Waals surface area contributed by atoms with Gasteiger partial charge in [0.15, 0.2) is 0 Å². The van der Waals surface area contributed by atoms with Crippen LogP contribution in [0.4, 0.5) is 0 Å². The second-order valence-electron chi connectivity index (χ2n) is 5.05. The van der Waals surface area contributed by atoms with E-state index < -0.39 is 0 Å². The first-order valence-electron chi connectivity index (χ1n) is 7.32. The van der Waals surface area contributed by atoms with Crippen LogP contribution in [-0.4, -0.2) is 53.8 Å². The zero-order valence-corrected chi connectivity index (χ0v) is 13.1. The highest BCUT2D eigenvalue weighted by atomic mass is 16.5. The topological polar surface area (TPSA) is 49.0 Å². The van der Waals surface area contributed by atoms with Crippen molar-refractivity contribution in [3.8, 4) is 5.75 Å². The standard InChI is InChI=1S/C16H25NO4/c1-17-16-14-11-13(19-3)5-4-12(14)10-15(16)21-9-8-20-7-6-18-2/h4-5,11,15-17H,6-10H2,1-3H3. The van der Waals surface area contributed by atoms with Gasteiger partial charge in [-0.1, -0.05) is 6.07 Å². The van der Waals surface area contributed by atoms with E-state index >= 15 is 0 Å². The Morgan fingerprint density at radius 3 is 2.67 bits per heavy atom. The van der Waals surface area contributed by atoms with Gasteiger partial charge in [0.2, 0.25) is 0 Å². The zero-order valence-electron chi connectivity index (χ0n) is 13.1. The molecule has 1 aromatic carbocycles. The van der Waals surface area contributed by atoms with E-state index in [-0.39, 0.29) is 12.1 Å². The summed E-state index contributed by atoms with van der Waals surface area (Å²) < 4.78 is 21.6. The van der Waals surface area contributed by atoms with Gasteiger partial charge in [-0.2, -0.15) is 0 Å². The van der Waals surface area contributed by atoms with Crippen LogP contribution in [-0.2, 0) is 20.6 Å². The summed E-state index contributed by atoms with van der Waals surface area (Å²) in [6, 6.07) is 6.42. The molecule has 0 aromatic heterocycles. The minimum atomic E-state index is 0.142. The van der Waals surface area contributed by atoms with Crippen molar-refractivity contribution in [2.24, 2.45) is 0 Å². The predicted molar refractivity (Wildman–Crippen MR) is 80.9 cm³/mol. The molecule has 1 aromatic rings. The fraction of sp³-hybridized carbons (Fsp3) is 0.625. The first-order chi connectivity index (χ1) is 10.3. The van der Waals surface area contributed by atoms with Gasteiger partial charge in [0.1, 0.15) is 5.75 Å². The summed E-state index contributed by atoms with van der Waals surface area (Å²) in [7, 11) is 5.32. The Bertz CT molecular complexity index is 438. The molecule has 2 atom stereocenters. The molecule has 0 amide bonds. The molecule has 2 rings (SSSR count). The zero-order chi connectivity index (χ0) is 15.1. The van der Waals surface area contributed by atoms with Crippen molar-refractivity contribution in [2.45, 2.75) is 18.6 Å². The highest BCUT2D eigenvalue weighted by Crippen LogP contribution is 2.35. The van der Waals surface area contributed by atoms with Gasteiger partial charge in [0.05, 0.1) is 45.7 Å². The Hall–Kier alpha value is -1.14. The summed E-state index contributed by atoms with van der Waals surface area (Å²) in [5.74, 6) is 0.887. The van der Waals surface area contributed by atoms with Crippen LogP contribution in [0.25, 0.3) is 0 Å². The minimum absolute atomic E-state index is 0.142. The maximum Gasteiger partial charge on any atom is 0.119 e. The molecule has 2 unspecified atom stereocenters. The van der Waals surface area contributed by atoms with E-state index in [1.165, 1.54) is 11.1 Å². The molecule has 0 bridgehead atoms. The molecule has 0 aliphatic heterocycles. The lowest BCUT2D eigenvalue weighted by Gasteiger charge is -2.20. The lowest BCUT2D eigenvalue weighted by Crippen LogP contribution is -2.29. The summed E-state index contributed by atoms with van der Waals surface area (Å²) in [6.45, 7) is 2.42. The Labute approximate surface area is 126 Å². The van der Waals surface area contributed by atoms with Crippen molar-refractivity contribution >= 4 is 0 Å². The predicted octanol–water partition coefficient (Wildman–Crippen LogP) is 1.56. The molecule has 0 saturated heterocycles. The number of nitrogens with one attached hydrogen (secondary N) is 1. The van der Waals surface area contributed by atoms with Crippen molar-refractivity contribution in [3.63, 3.8) is 0 Å². The van der Waals surface area contributed by atoms with Crippen molar-refractivity contribution in [1.82, 2.24) is 5.32 Å². The third kappa shape index (κ3) is 4.17. The Balaban J connectivity index is 1.85. The molecular formula is C16H25NO4. The number of hydrogen-bond donors (Lipinski definition) is 1. The van der Waals surface area contributed by atoms with Gasteiger partial charge in [0, 0.05) is 13.5 Å². The van der Waals surface area contributed by atoms with Gasteiger partial charge in [-0.25, -0.2) is 0 Å². The molecule has 0 radical (unpaired) electrons. The van der Waals surface area contributed by atoms with E-state index in [0.717, 1.165) is 12.2 Å². The molecule has 0 saturated carbocycles. The van der Waals surface area contributed by atoms with Crippen LogP contribution in [0.2, 0.25) is 0 Å². The summed E-state index contributed by atoms with van der Waals surface area (Å²) >= 11 is 0. The van der Waals surface area contributed by atoms with Crippen LogP contribution >= 0.6 is 0 Å². The van der Waals surface area contributed by atoms with E-state index in [0.29, 0.717) is 26.4 Å². The number of fused-ring (bicyclic) bond motifs is 1. The number of hydrogen-bond acceptors (Lipinski definition) is 5. The lowest BCUT2D eigenvalue weighted by molar-refractivity contribution is -0.0142. The van der Waals surface area contributed by atoms with Crippen LogP contribution in [0.1, 0.15) is 17.2 Å². The fourth-order valence-corrected chi connectivity index (χ4v) is 2.71. The van der Waals surface area contributed by atoms with Crippen LogP contribution in [0.5, 0.6) is 5.75 Å². The minimum Gasteiger partial charge on any atom is -0.497 e. The van der Waals surface area contributed by atoms with Gasteiger partial charge >= 0.3 is 0 Å². The largest absolute Gasteiger partial charge is 0.497 e. The SMILES string of the molecule is CNC1c2cc(OC)ccc2CC1OCCOCCOC. The van der Waals surface area contributed by atoms with Crippen LogP contribution < -0.4 is 10.1 Å². The highest BCUT2D eigenvalue weighted by Gasteiger charge is 2.32. The Kier molecular flexibility index (Phi) is 6.45. The van der Waals surface area contributed by atoms with Gasteiger partial charge < -0.3 is 24.3 Å². The average Bonchev–Trinajstić information content (AvgIpc) is 2.87. The summed E-state index contributed by atoms with van der Waals surface area (Å²) in [6.07, 6.45) is 1.06. The fourth-order valence-electron chi connectivity index (χ4n) is 2.71. The quantitative estimate of drug-likeness (QED) is 0.701. The normalized spacial score (nSPS) is 20.5. The van der Waals surface area contributed by atoms with Crippen LogP contribution in [0.3, 0.4) is 0 Å². The second kappa shape index (κ2) is 8.34. The Morgan fingerprint density at radius 1 is 1.14 bits per heavy atom. The maximum atomic E-state index is 5.97. The second-order valence-corrected chi connectivity index (χ2v) is 5.05. The number of ether oxygens (including phenoxy) is 4. The van der Waals surface area contributed by atoms with Crippen molar-refractivity contribution in [1.29, 1.82) is 0 Å². The number of methoxy groups -OCH3 is 2. The number of rotatable bonds is 9. The number of benzene rings is 1. The van der Waals surface area contributed by atoms with Gasteiger partial charge in [-0.3, -0.25) is 0 Å². The van der Waals surface area contributed by atoms with E-state index in [9.17, 15) is 0 Å². The van der Waals surface area contributed by atoms with E-state index in [1.807, 2.05) is 13.1 Å². The van der Waals surface area contributed by atoms with Gasteiger partial charge in [0.25, 0.3) is 0 Å². The number of likely N-dealkylation sites (N-methyl/N-ethyl adjacent to an activating group) is 1. The highest BCUT2D eigenvalue weighted by molar-refractivity contribution is 5.42. The lowest BCUT2D eigenvalue weighted by atomic mass is 10.1. The van der Waals surface area contributed by atoms with E-state index in [1.54, 1.807) is 14.2 Å². The molecule has 21 heavy (non-hydrogen) atoms. The summed E-state index contributed by atoms with van der Waals surface area (Å²) in [4.78, 5) is 0. The molecule has 1 aliphatic rings. The van der Waals surface area contributed by atoms with Crippen molar-refractivity contribution < 1.29 is 18.9 Å². The molecule has 0 heterocycles. The first kappa shape index (κ1) is 16.2. The van der Waals surface area contributed by atoms with Gasteiger partial charge in [-0.15, -0.1) is 0 Å². The van der Waals surface area contributed by atoms with Gasteiger partial charge in [-0.05, 0) is 30.3 Å². The van der Waals surface area contributed by atoms with Crippen molar-refractivity contribution in [3.05, 3.63) is 29.3 Å². The molecule has 1 N–H and O–H groups in total. The monoisotopic (exact) mass is 295 g/mol. The van der Waals surface area contributed by atoms with Crippen LogP contribution in [0, 0.1) is 0 Å². The molecule has 5 nitrogen and oxygen atoms in total. The Morgan fingerprint density at radius 2 is 1.95 bits per heavy atom. The average molecular weight is 295 g/mol. The maximum absolute atomic E-state index is 5.97. The van der Waals surface area contributed by atoms with E-state index in [2.05, 4.69) is 17.4 Å². The van der Waals surface area contributed by atoms with Crippen molar-refractivity contribution in [2.75, 3.05) is 47.7 Å². The molecule has 0 spiro atoms. The summed E-state index contributed by atoms with van der Waals surface area (Å²) in [5, 5.41) is 3.34. The molecular weight excluding hydrogens is 270 g/mol. The third-order valence-corrected chi connectivity index (χ3v) is 3.78. The third-order valence-electron chi connectivity index (χ3n) is 3.78. The first-order valence-corrected chi connectivity index (χ1v) is 7.32.